The first-order valence-electron chi connectivity index (χ1n) is 6.83. The maximum Gasteiger partial charge on any atom is 0.0595 e. The van der Waals surface area contributed by atoms with Crippen LogP contribution in [0.3, 0.4) is 0 Å². The second-order valence-corrected chi connectivity index (χ2v) is 6.60. The molecule has 0 aromatic heterocycles. The van der Waals surface area contributed by atoms with Crippen LogP contribution in [-0.2, 0) is 10.2 Å². The Hall–Kier alpha value is 0.01000. The SMILES string of the molecule is COC[C@H]1CN[C@@H]2CC[C@@]1(c1ccc(Cl)c(Cl)c1)C2.Cl. The Bertz CT molecular complexity index is 482. The molecule has 1 aliphatic heterocycles. The first-order valence-corrected chi connectivity index (χ1v) is 7.59. The Morgan fingerprint density at radius 2 is 2.15 bits per heavy atom. The molecule has 2 fully saturated rings. The lowest BCUT2D eigenvalue weighted by molar-refractivity contribution is 0.0889. The first-order chi connectivity index (χ1) is 9.15. The van der Waals surface area contributed by atoms with Gasteiger partial charge in [0.2, 0.25) is 0 Å². The quantitative estimate of drug-likeness (QED) is 0.898. The Kier molecular flexibility index (Phi) is 5.25. The van der Waals surface area contributed by atoms with E-state index in [9.17, 15) is 0 Å². The van der Waals surface area contributed by atoms with E-state index in [0.717, 1.165) is 13.2 Å². The fourth-order valence-electron chi connectivity index (χ4n) is 3.85. The number of hydrogen-bond acceptors (Lipinski definition) is 2. The van der Waals surface area contributed by atoms with Gasteiger partial charge < -0.3 is 10.1 Å². The standard InChI is InChI=1S/C15H19Cl2NO.ClH/c1-19-9-11-8-18-12-4-5-15(11,7-12)10-2-3-13(16)14(17)6-10;/h2-3,6,11-12,18H,4-5,7-9H2,1H3;1H/t11-,12-,15+;/m1./s1. The van der Waals surface area contributed by atoms with Gasteiger partial charge in [0.25, 0.3) is 0 Å². The number of methoxy groups -OCH3 is 1. The predicted octanol–water partition coefficient (Wildman–Crippen LogP) is 4.07. The van der Waals surface area contributed by atoms with Crippen molar-refractivity contribution >= 4 is 35.6 Å². The number of halogens is 3. The first kappa shape index (κ1) is 16.4. The van der Waals surface area contributed by atoms with Gasteiger partial charge in [-0.3, -0.25) is 0 Å². The fourth-order valence-corrected chi connectivity index (χ4v) is 4.15. The molecule has 1 saturated heterocycles. The van der Waals surface area contributed by atoms with Crippen molar-refractivity contribution in [3.05, 3.63) is 33.8 Å². The maximum atomic E-state index is 6.21. The summed E-state index contributed by atoms with van der Waals surface area (Å²) >= 11 is 12.3. The molecule has 0 amide bonds. The summed E-state index contributed by atoms with van der Waals surface area (Å²) in [7, 11) is 1.78. The zero-order valence-corrected chi connectivity index (χ0v) is 13.8. The van der Waals surface area contributed by atoms with E-state index in [4.69, 9.17) is 27.9 Å². The molecular formula is C15H20Cl3NO. The van der Waals surface area contributed by atoms with Gasteiger partial charge in [0.15, 0.2) is 0 Å². The summed E-state index contributed by atoms with van der Waals surface area (Å²) in [6.07, 6.45) is 3.62. The molecule has 2 aliphatic rings. The Morgan fingerprint density at radius 1 is 1.35 bits per heavy atom. The minimum atomic E-state index is 0. The van der Waals surface area contributed by atoms with Crippen LogP contribution in [0.4, 0.5) is 0 Å². The van der Waals surface area contributed by atoms with Crippen LogP contribution in [0, 0.1) is 5.92 Å². The molecule has 0 unspecified atom stereocenters. The average molecular weight is 337 g/mol. The summed E-state index contributed by atoms with van der Waals surface area (Å²) < 4.78 is 5.43. The molecule has 3 atom stereocenters. The smallest absolute Gasteiger partial charge is 0.0595 e. The van der Waals surface area contributed by atoms with E-state index in [0.29, 0.717) is 22.0 Å². The maximum absolute atomic E-state index is 6.21. The number of benzene rings is 1. The van der Waals surface area contributed by atoms with Crippen molar-refractivity contribution in [3.63, 3.8) is 0 Å². The van der Waals surface area contributed by atoms with Crippen LogP contribution < -0.4 is 5.32 Å². The number of piperidine rings is 1. The topological polar surface area (TPSA) is 21.3 Å². The zero-order chi connectivity index (χ0) is 13.5. The summed E-state index contributed by atoms with van der Waals surface area (Å²) in [4.78, 5) is 0. The van der Waals surface area contributed by atoms with Crippen molar-refractivity contribution in [1.82, 2.24) is 5.32 Å². The average Bonchev–Trinajstić information content (AvgIpc) is 2.76. The third kappa shape index (κ3) is 2.69. The largest absolute Gasteiger partial charge is 0.384 e. The Balaban J connectivity index is 0.00000147. The van der Waals surface area contributed by atoms with Gasteiger partial charge in [-0.05, 0) is 37.0 Å². The van der Waals surface area contributed by atoms with Crippen LogP contribution >= 0.6 is 35.6 Å². The molecule has 5 heteroatoms. The van der Waals surface area contributed by atoms with Crippen LogP contribution in [0.25, 0.3) is 0 Å². The van der Waals surface area contributed by atoms with E-state index >= 15 is 0 Å². The lowest BCUT2D eigenvalue weighted by atomic mass is 9.67. The number of fused-ring (bicyclic) bond motifs is 2. The van der Waals surface area contributed by atoms with Gasteiger partial charge in [-0.1, -0.05) is 29.3 Å². The van der Waals surface area contributed by atoms with Gasteiger partial charge in [0.05, 0.1) is 16.7 Å². The van der Waals surface area contributed by atoms with Crippen molar-refractivity contribution in [2.75, 3.05) is 20.3 Å². The van der Waals surface area contributed by atoms with E-state index < -0.39 is 0 Å². The van der Waals surface area contributed by atoms with Gasteiger partial charge >= 0.3 is 0 Å². The van der Waals surface area contributed by atoms with Crippen molar-refractivity contribution in [1.29, 1.82) is 0 Å². The fraction of sp³-hybridized carbons (Fsp3) is 0.600. The van der Waals surface area contributed by atoms with Crippen molar-refractivity contribution < 1.29 is 4.74 Å². The molecule has 1 N–H and O–H groups in total. The molecule has 1 saturated carbocycles. The molecule has 2 nitrogen and oxygen atoms in total. The van der Waals surface area contributed by atoms with Crippen molar-refractivity contribution in [3.8, 4) is 0 Å². The van der Waals surface area contributed by atoms with E-state index in [1.807, 2.05) is 6.07 Å². The highest BCUT2D eigenvalue weighted by Crippen LogP contribution is 2.50. The zero-order valence-electron chi connectivity index (χ0n) is 11.5. The lowest BCUT2D eigenvalue weighted by Crippen LogP contribution is -2.48. The summed E-state index contributed by atoms with van der Waals surface area (Å²) in [6, 6.07) is 6.76. The molecule has 0 radical (unpaired) electrons. The van der Waals surface area contributed by atoms with Gasteiger partial charge in [-0.25, -0.2) is 0 Å². The van der Waals surface area contributed by atoms with Gasteiger partial charge in [-0.2, -0.15) is 0 Å². The summed E-state index contributed by atoms with van der Waals surface area (Å²) in [5.74, 6) is 0.508. The van der Waals surface area contributed by atoms with Gasteiger partial charge in [-0.15, -0.1) is 12.4 Å². The monoisotopic (exact) mass is 335 g/mol. The van der Waals surface area contributed by atoms with E-state index in [1.54, 1.807) is 7.11 Å². The lowest BCUT2D eigenvalue weighted by Gasteiger charge is -2.42. The van der Waals surface area contributed by atoms with Gasteiger partial charge in [0.1, 0.15) is 0 Å². The molecule has 0 spiro atoms. The molecule has 1 aromatic rings. The van der Waals surface area contributed by atoms with Crippen molar-refractivity contribution in [2.24, 2.45) is 5.92 Å². The Labute approximate surface area is 136 Å². The highest BCUT2D eigenvalue weighted by Gasteiger charge is 2.49. The van der Waals surface area contributed by atoms with Crippen LogP contribution in [0.5, 0.6) is 0 Å². The predicted molar refractivity (Wildman–Crippen MR) is 86.4 cm³/mol. The van der Waals surface area contributed by atoms with Gasteiger partial charge in [0, 0.05) is 31.0 Å². The van der Waals surface area contributed by atoms with Crippen LogP contribution in [-0.4, -0.2) is 26.3 Å². The Morgan fingerprint density at radius 3 is 2.85 bits per heavy atom. The molecule has 1 aliphatic carbocycles. The number of nitrogens with one attached hydrogen (secondary N) is 1. The van der Waals surface area contributed by atoms with E-state index in [-0.39, 0.29) is 17.8 Å². The second kappa shape index (κ2) is 6.41. The minimum absolute atomic E-state index is 0. The van der Waals surface area contributed by atoms with E-state index in [1.165, 1.54) is 24.8 Å². The number of hydrogen-bond donors (Lipinski definition) is 1. The molecular weight excluding hydrogens is 317 g/mol. The third-order valence-electron chi connectivity index (χ3n) is 4.85. The molecule has 112 valence electrons. The summed E-state index contributed by atoms with van der Waals surface area (Å²) in [6.45, 7) is 1.82. The molecule has 1 aromatic carbocycles. The third-order valence-corrected chi connectivity index (χ3v) is 5.59. The molecule has 20 heavy (non-hydrogen) atoms. The molecule has 2 bridgehead atoms. The summed E-state index contributed by atoms with van der Waals surface area (Å²) in [5.41, 5.74) is 1.54. The van der Waals surface area contributed by atoms with Crippen LogP contribution in [0.2, 0.25) is 10.0 Å². The van der Waals surface area contributed by atoms with E-state index in [2.05, 4.69) is 17.4 Å². The van der Waals surface area contributed by atoms with Crippen LogP contribution in [0.15, 0.2) is 18.2 Å². The highest BCUT2D eigenvalue weighted by atomic mass is 35.5. The molecule has 1 heterocycles. The highest BCUT2D eigenvalue weighted by molar-refractivity contribution is 6.42. The molecule has 3 rings (SSSR count). The van der Waals surface area contributed by atoms with Crippen LogP contribution in [0.1, 0.15) is 24.8 Å². The summed E-state index contributed by atoms with van der Waals surface area (Å²) in [5, 5.41) is 4.92. The normalized spacial score (nSPS) is 31.9. The second-order valence-electron chi connectivity index (χ2n) is 5.79. The van der Waals surface area contributed by atoms with Crippen molar-refractivity contribution in [2.45, 2.75) is 30.7 Å². The number of ether oxygens (including phenoxy) is 1. The minimum Gasteiger partial charge on any atom is -0.384 e. The number of rotatable bonds is 3.